The van der Waals surface area contributed by atoms with Crippen LogP contribution in [0.15, 0.2) is 18.2 Å². The molecule has 1 aliphatic rings. The Hall–Kier alpha value is -1.22. The number of rotatable bonds is 2. The van der Waals surface area contributed by atoms with Gasteiger partial charge in [0.2, 0.25) is 0 Å². The van der Waals surface area contributed by atoms with Gasteiger partial charge in [-0.25, -0.2) is 0 Å². The van der Waals surface area contributed by atoms with Crippen LogP contribution >= 0.6 is 0 Å². The van der Waals surface area contributed by atoms with Gasteiger partial charge in [0.05, 0.1) is 5.69 Å². The summed E-state index contributed by atoms with van der Waals surface area (Å²) in [5, 5.41) is 9.36. The number of nitrogen functional groups attached to an aromatic ring is 1. The predicted molar refractivity (Wildman–Crippen MR) is 66.2 cm³/mol. The van der Waals surface area contributed by atoms with Gasteiger partial charge in [-0.15, -0.1) is 0 Å². The minimum absolute atomic E-state index is 0.176. The first kappa shape index (κ1) is 11.3. The van der Waals surface area contributed by atoms with E-state index in [0.717, 1.165) is 6.54 Å². The zero-order chi connectivity index (χ0) is 11.5. The fourth-order valence-electron chi connectivity index (χ4n) is 2.33. The number of aromatic hydroxyl groups is 1. The van der Waals surface area contributed by atoms with Crippen LogP contribution in [0.1, 0.15) is 31.7 Å². The van der Waals surface area contributed by atoms with Crippen molar-refractivity contribution >= 4 is 5.69 Å². The van der Waals surface area contributed by atoms with Gasteiger partial charge in [-0.1, -0.05) is 12.5 Å². The van der Waals surface area contributed by atoms with Gasteiger partial charge < -0.3 is 10.8 Å². The lowest BCUT2D eigenvalue weighted by molar-refractivity contribution is 0.152. The molecule has 1 atom stereocenters. The van der Waals surface area contributed by atoms with Gasteiger partial charge in [0.25, 0.3) is 0 Å². The maximum Gasteiger partial charge on any atom is 0.138 e. The van der Waals surface area contributed by atoms with Crippen LogP contribution < -0.4 is 5.73 Å². The molecule has 0 spiro atoms. The zero-order valence-corrected chi connectivity index (χ0v) is 9.82. The van der Waals surface area contributed by atoms with Crippen molar-refractivity contribution in [1.29, 1.82) is 0 Å². The van der Waals surface area contributed by atoms with E-state index >= 15 is 0 Å². The van der Waals surface area contributed by atoms with E-state index < -0.39 is 0 Å². The highest BCUT2D eigenvalue weighted by Crippen LogP contribution is 2.23. The van der Waals surface area contributed by atoms with Crippen molar-refractivity contribution in [2.45, 2.75) is 38.8 Å². The van der Waals surface area contributed by atoms with Gasteiger partial charge in [0.15, 0.2) is 0 Å². The van der Waals surface area contributed by atoms with Crippen molar-refractivity contribution in [2.24, 2.45) is 0 Å². The number of hydrogen-bond donors (Lipinski definition) is 2. The predicted octanol–water partition coefficient (Wildman–Crippen LogP) is 2.35. The Morgan fingerprint density at radius 2 is 2.25 bits per heavy atom. The molecule has 0 saturated carbocycles. The Morgan fingerprint density at radius 1 is 1.44 bits per heavy atom. The number of benzene rings is 1. The van der Waals surface area contributed by atoms with Crippen molar-refractivity contribution in [3.05, 3.63) is 23.8 Å². The SMILES string of the molecule is CC1CCCCN1Cc1ccc(O)c(N)c1. The van der Waals surface area contributed by atoms with E-state index in [1.165, 1.54) is 31.4 Å². The summed E-state index contributed by atoms with van der Waals surface area (Å²) >= 11 is 0. The van der Waals surface area contributed by atoms with Crippen molar-refractivity contribution in [3.63, 3.8) is 0 Å². The Labute approximate surface area is 96.9 Å². The molecule has 3 nitrogen and oxygen atoms in total. The van der Waals surface area contributed by atoms with Gasteiger partial charge in [0.1, 0.15) is 5.75 Å². The first-order valence-electron chi connectivity index (χ1n) is 5.98. The van der Waals surface area contributed by atoms with Crippen LogP contribution in [0, 0.1) is 0 Å². The summed E-state index contributed by atoms with van der Waals surface area (Å²) in [4.78, 5) is 2.48. The summed E-state index contributed by atoms with van der Waals surface area (Å²) in [6.45, 7) is 4.39. The molecule has 1 aromatic carbocycles. The standard InChI is InChI=1S/C13H20N2O/c1-10-4-2-3-7-15(10)9-11-5-6-13(16)12(14)8-11/h5-6,8,10,16H,2-4,7,9,14H2,1H3. The second kappa shape index (κ2) is 4.74. The quantitative estimate of drug-likeness (QED) is 0.594. The summed E-state index contributed by atoms with van der Waals surface area (Å²) in [5.41, 5.74) is 7.35. The molecule has 1 unspecified atom stereocenters. The Kier molecular flexibility index (Phi) is 3.34. The van der Waals surface area contributed by atoms with Crippen LogP contribution in [0.25, 0.3) is 0 Å². The van der Waals surface area contributed by atoms with E-state index in [0.29, 0.717) is 11.7 Å². The van der Waals surface area contributed by atoms with Gasteiger partial charge in [-0.05, 0) is 44.0 Å². The minimum atomic E-state index is 0.176. The maximum atomic E-state index is 9.36. The van der Waals surface area contributed by atoms with Gasteiger partial charge in [-0.2, -0.15) is 0 Å². The third kappa shape index (κ3) is 2.47. The number of anilines is 1. The van der Waals surface area contributed by atoms with Crippen LogP contribution in [0.4, 0.5) is 5.69 Å². The van der Waals surface area contributed by atoms with E-state index in [9.17, 15) is 5.11 Å². The number of likely N-dealkylation sites (tertiary alicyclic amines) is 1. The highest BCUT2D eigenvalue weighted by Gasteiger charge is 2.18. The molecule has 0 aliphatic carbocycles. The van der Waals surface area contributed by atoms with Crippen molar-refractivity contribution < 1.29 is 5.11 Å². The molecule has 0 bridgehead atoms. The maximum absolute atomic E-state index is 9.36. The van der Waals surface area contributed by atoms with Crippen LogP contribution in [-0.4, -0.2) is 22.6 Å². The number of phenolic OH excluding ortho intramolecular Hbond substituents is 1. The third-order valence-electron chi connectivity index (χ3n) is 3.42. The van der Waals surface area contributed by atoms with Crippen LogP contribution in [-0.2, 0) is 6.54 Å². The number of hydrogen-bond acceptors (Lipinski definition) is 3. The summed E-state index contributed by atoms with van der Waals surface area (Å²) < 4.78 is 0. The molecule has 1 heterocycles. The molecule has 0 amide bonds. The molecular formula is C13H20N2O. The second-order valence-electron chi connectivity index (χ2n) is 4.71. The molecule has 16 heavy (non-hydrogen) atoms. The van der Waals surface area contributed by atoms with Crippen molar-refractivity contribution in [2.75, 3.05) is 12.3 Å². The first-order chi connectivity index (χ1) is 7.66. The number of piperidine rings is 1. The Bertz CT molecular complexity index is 365. The average Bonchev–Trinajstić information content (AvgIpc) is 2.27. The van der Waals surface area contributed by atoms with E-state index in [4.69, 9.17) is 5.73 Å². The highest BCUT2D eigenvalue weighted by atomic mass is 16.3. The lowest BCUT2D eigenvalue weighted by Crippen LogP contribution is -2.36. The van der Waals surface area contributed by atoms with Gasteiger partial charge in [-0.3, -0.25) is 4.90 Å². The normalized spacial score (nSPS) is 22.2. The summed E-state index contributed by atoms with van der Waals surface area (Å²) in [6.07, 6.45) is 3.92. The molecule has 3 N–H and O–H groups in total. The fourth-order valence-corrected chi connectivity index (χ4v) is 2.33. The molecule has 1 fully saturated rings. The van der Waals surface area contributed by atoms with Crippen molar-refractivity contribution in [1.82, 2.24) is 4.90 Å². The van der Waals surface area contributed by atoms with E-state index in [2.05, 4.69) is 11.8 Å². The molecule has 1 aromatic rings. The van der Waals surface area contributed by atoms with E-state index in [1.807, 2.05) is 12.1 Å². The summed E-state index contributed by atoms with van der Waals surface area (Å²) in [7, 11) is 0. The molecule has 1 aliphatic heterocycles. The largest absolute Gasteiger partial charge is 0.506 e. The monoisotopic (exact) mass is 220 g/mol. The molecule has 88 valence electrons. The summed E-state index contributed by atoms with van der Waals surface area (Å²) in [6, 6.07) is 6.16. The molecule has 1 saturated heterocycles. The number of phenols is 1. The molecular weight excluding hydrogens is 200 g/mol. The smallest absolute Gasteiger partial charge is 0.138 e. The lowest BCUT2D eigenvalue weighted by Gasteiger charge is -2.33. The van der Waals surface area contributed by atoms with E-state index in [1.54, 1.807) is 6.07 Å². The topological polar surface area (TPSA) is 49.5 Å². The molecule has 0 aromatic heterocycles. The first-order valence-corrected chi connectivity index (χ1v) is 5.98. The van der Waals surface area contributed by atoms with Crippen LogP contribution in [0.3, 0.4) is 0 Å². The summed E-state index contributed by atoms with van der Waals surface area (Å²) in [5.74, 6) is 0.176. The second-order valence-corrected chi connectivity index (χ2v) is 4.71. The van der Waals surface area contributed by atoms with Gasteiger partial charge >= 0.3 is 0 Å². The van der Waals surface area contributed by atoms with E-state index in [-0.39, 0.29) is 5.75 Å². The Balaban J connectivity index is 2.05. The number of nitrogens with zero attached hydrogens (tertiary/aromatic N) is 1. The van der Waals surface area contributed by atoms with Crippen LogP contribution in [0.2, 0.25) is 0 Å². The molecule has 3 heteroatoms. The molecule has 0 radical (unpaired) electrons. The lowest BCUT2D eigenvalue weighted by atomic mass is 10.0. The third-order valence-corrected chi connectivity index (χ3v) is 3.42. The van der Waals surface area contributed by atoms with Crippen LogP contribution in [0.5, 0.6) is 5.75 Å². The fraction of sp³-hybridized carbons (Fsp3) is 0.538. The zero-order valence-electron chi connectivity index (χ0n) is 9.82. The number of nitrogens with two attached hydrogens (primary N) is 1. The molecule has 2 rings (SSSR count). The minimum Gasteiger partial charge on any atom is -0.506 e. The van der Waals surface area contributed by atoms with Crippen molar-refractivity contribution in [3.8, 4) is 5.75 Å². The highest BCUT2D eigenvalue weighted by molar-refractivity contribution is 5.53. The Morgan fingerprint density at radius 3 is 2.94 bits per heavy atom. The van der Waals surface area contributed by atoms with Gasteiger partial charge in [0, 0.05) is 12.6 Å². The average molecular weight is 220 g/mol.